The number of carbonyl (C=O) groups excluding carboxylic acids is 2. The lowest BCUT2D eigenvalue weighted by atomic mass is 10.1. The summed E-state index contributed by atoms with van der Waals surface area (Å²) in [5, 5.41) is 11.2. The molecule has 1 heterocycles. The Labute approximate surface area is 201 Å². The smallest absolute Gasteiger partial charge is 0.344 e. The third-order valence-electron chi connectivity index (χ3n) is 4.69. The van der Waals surface area contributed by atoms with Gasteiger partial charge < -0.3 is 24.1 Å². The molecule has 1 aliphatic rings. The second-order valence-electron chi connectivity index (χ2n) is 7.08. The molecule has 178 valence electrons. The molecule has 8 nitrogen and oxygen atoms in total. The average molecular weight is 484 g/mol. The average Bonchev–Trinajstić information content (AvgIpc) is 3.13. The summed E-state index contributed by atoms with van der Waals surface area (Å²) in [7, 11) is 2.75. The van der Waals surface area contributed by atoms with Gasteiger partial charge in [0.1, 0.15) is 16.4 Å². The van der Waals surface area contributed by atoms with Crippen LogP contribution in [0.2, 0.25) is 0 Å². The van der Waals surface area contributed by atoms with Crippen molar-refractivity contribution in [1.29, 1.82) is 0 Å². The molecule has 9 heteroatoms. The maximum absolute atomic E-state index is 12.6. The number of aliphatic hydroxyl groups excluding tert-OH is 1. The highest BCUT2D eigenvalue weighted by Gasteiger charge is 2.33. The predicted molar refractivity (Wildman–Crippen MR) is 131 cm³/mol. The van der Waals surface area contributed by atoms with Gasteiger partial charge in [-0.25, -0.2) is 14.6 Å². The normalized spacial score (nSPS) is 15.5. The van der Waals surface area contributed by atoms with Crippen LogP contribution in [0.15, 0.2) is 63.7 Å². The number of methoxy groups -OCH3 is 2. The van der Waals surface area contributed by atoms with Gasteiger partial charge >= 0.3 is 11.9 Å². The number of aliphatic imine (C=N–C) groups is 1. The Balaban J connectivity index is 1.95. The van der Waals surface area contributed by atoms with E-state index < -0.39 is 11.9 Å². The lowest BCUT2D eigenvalue weighted by Crippen LogP contribution is -2.13. The second kappa shape index (κ2) is 11.4. The zero-order valence-electron chi connectivity index (χ0n) is 19.3. The van der Waals surface area contributed by atoms with Gasteiger partial charge in [-0.1, -0.05) is 35.5 Å². The van der Waals surface area contributed by atoms with Gasteiger partial charge in [-0.3, -0.25) is 0 Å². The van der Waals surface area contributed by atoms with Crippen molar-refractivity contribution >= 4 is 40.5 Å². The minimum absolute atomic E-state index is 0.0173. The molecule has 0 aromatic heterocycles. The van der Waals surface area contributed by atoms with E-state index in [0.29, 0.717) is 32.7 Å². The summed E-state index contributed by atoms with van der Waals surface area (Å²) >= 11 is 1.16. The molecule has 2 aromatic carbocycles. The lowest BCUT2D eigenvalue weighted by Gasteiger charge is -2.10. The highest BCUT2D eigenvalue weighted by atomic mass is 32.2. The maximum atomic E-state index is 12.6. The van der Waals surface area contributed by atoms with E-state index in [-0.39, 0.29) is 24.5 Å². The Kier molecular flexibility index (Phi) is 8.37. The summed E-state index contributed by atoms with van der Waals surface area (Å²) in [6, 6.07) is 12.6. The number of rotatable bonds is 8. The van der Waals surface area contributed by atoms with E-state index in [1.54, 1.807) is 31.2 Å². The first-order valence-corrected chi connectivity index (χ1v) is 11.2. The maximum Gasteiger partial charge on any atom is 0.344 e. The number of hydrogen-bond donors (Lipinski definition) is 1. The van der Waals surface area contributed by atoms with E-state index in [2.05, 4.69) is 9.73 Å². The summed E-state index contributed by atoms with van der Waals surface area (Å²) in [6.07, 6.45) is 1.70. The van der Waals surface area contributed by atoms with E-state index in [1.807, 2.05) is 31.2 Å². The van der Waals surface area contributed by atoms with E-state index >= 15 is 0 Å². The number of aryl methyl sites for hydroxylation is 1. The molecule has 0 saturated heterocycles. The van der Waals surface area contributed by atoms with Crippen molar-refractivity contribution in [2.24, 2.45) is 4.99 Å². The molecule has 0 spiro atoms. The fourth-order valence-corrected chi connectivity index (χ4v) is 4.00. The number of thioether (sulfide) groups is 1. The Morgan fingerprint density at radius 2 is 1.82 bits per heavy atom. The van der Waals surface area contributed by atoms with Gasteiger partial charge in [0.25, 0.3) is 0 Å². The molecular formula is C25H25NO7S. The van der Waals surface area contributed by atoms with Crippen molar-refractivity contribution < 1.29 is 33.6 Å². The highest BCUT2D eigenvalue weighted by molar-refractivity contribution is 8.18. The molecular weight excluding hydrogens is 458 g/mol. The Morgan fingerprint density at radius 1 is 1.09 bits per heavy atom. The monoisotopic (exact) mass is 483 g/mol. The fraction of sp³-hybridized carbons (Fsp3) is 0.240. The van der Waals surface area contributed by atoms with Gasteiger partial charge in [0.05, 0.1) is 31.4 Å². The summed E-state index contributed by atoms with van der Waals surface area (Å²) in [6.45, 7) is 3.58. The number of nitrogens with zero attached hydrogens (tertiary/aromatic N) is 1. The van der Waals surface area contributed by atoms with Crippen LogP contribution in [0.3, 0.4) is 0 Å². The Morgan fingerprint density at radius 3 is 2.47 bits per heavy atom. The number of carbonyl (C=O) groups is 2. The number of hydrogen-bond acceptors (Lipinski definition) is 9. The largest absolute Gasteiger partial charge is 0.506 e. The minimum atomic E-state index is -0.647. The molecule has 0 fully saturated rings. The molecule has 1 aliphatic heterocycles. The van der Waals surface area contributed by atoms with Crippen LogP contribution in [0.25, 0.3) is 6.08 Å². The van der Waals surface area contributed by atoms with Crippen LogP contribution in [0.4, 0.5) is 5.69 Å². The minimum Gasteiger partial charge on any atom is -0.506 e. The first-order chi connectivity index (χ1) is 16.4. The van der Waals surface area contributed by atoms with Crippen LogP contribution in [0.5, 0.6) is 11.5 Å². The predicted octanol–water partition coefficient (Wildman–Crippen LogP) is 4.75. The van der Waals surface area contributed by atoms with E-state index in [0.717, 1.165) is 17.3 Å². The quantitative estimate of drug-likeness (QED) is 0.537. The van der Waals surface area contributed by atoms with Gasteiger partial charge in [0.2, 0.25) is 0 Å². The van der Waals surface area contributed by atoms with Crippen molar-refractivity contribution in [2.45, 2.75) is 13.8 Å². The van der Waals surface area contributed by atoms with Crippen molar-refractivity contribution in [1.82, 2.24) is 0 Å². The molecule has 1 N–H and O–H groups in total. The molecule has 0 saturated carbocycles. The van der Waals surface area contributed by atoms with Crippen LogP contribution in [0.1, 0.15) is 18.1 Å². The fourth-order valence-electron chi connectivity index (χ4n) is 2.97. The van der Waals surface area contributed by atoms with E-state index in [9.17, 15) is 14.7 Å². The lowest BCUT2D eigenvalue weighted by molar-refractivity contribution is -0.143. The van der Waals surface area contributed by atoms with Gasteiger partial charge in [0, 0.05) is 0 Å². The van der Waals surface area contributed by atoms with Gasteiger partial charge in [-0.15, -0.1) is 0 Å². The first-order valence-electron chi connectivity index (χ1n) is 10.4. The van der Waals surface area contributed by atoms with Gasteiger partial charge in [0.15, 0.2) is 18.1 Å². The molecule has 2 aromatic rings. The first kappa shape index (κ1) is 24.9. The molecule has 0 unspecified atom stereocenters. The number of ether oxygens (including phenoxy) is 4. The van der Waals surface area contributed by atoms with Crippen LogP contribution in [-0.2, 0) is 19.1 Å². The number of aliphatic hydroxyl groups is 1. The standard InChI is InChI=1S/C25H25NO7S/c1-5-32-25(29)22-23(28)20(34-24(22)26-17-9-6-15(2)7-10-17)13-16-8-11-18(19(12-16)30-3)33-14-21(27)31-4/h6-13,28H,5,14H2,1-4H3. The Hall–Kier alpha value is -3.72. The molecule has 34 heavy (non-hydrogen) atoms. The topological polar surface area (TPSA) is 104 Å². The second-order valence-corrected chi connectivity index (χ2v) is 8.11. The van der Waals surface area contributed by atoms with Gasteiger partial charge in [-0.05, 0) is 49.8 Å². The molecule has 0 amide bonds. The molecule has 3 rings (SSSR count). The summed E-state index contributed by atoms with van der Waals surface area (Å²) in [5.41, 5.74) is 2.43. The molecule has 0 atom stereocenters. The number of esters is 2. The highest BCUT2D eigenvalue weighted by Crippen LogP contribution is 2.41. The summed E-state index contributed by atoms with van der Waals surface area (Å²) in [5.74, 6) is -0.616. The van der Waals surface area contributed by atoms with Crippen LogP contribution >= 0.6 is 11.8 Å². The zero-order valence-corrected chi connectivity index (χ0v) is 20.1. The number of benzene rings is 2. The van der Waals surface area contributed by atoms with Crippen molar-refractivity contribution in [3.05, 3.63) is 69.8 Å². The van der Waals surface area contributed by atoms with E-state index in [4.69, 9.17) is 14.2 Å². The molecule has 0 bridgehead atoms. The van der Waals surface area contributed by atoms with Gasteiger partial charge in [-0.2, -0.15) is 0 Å². The molecule has 0 aliphatic carbocycles. The summed E-state index contributed by atoms with van der Waals surface area (Å²) in [4.78, 5) is 28.9. The summed E-state index contributed by atoms with van der Waals surface area (Å²) < 4.78 is 20.5. The zero-order chi connectivity index (χ0) is 24.7. The van der Waals surface area contributed by atoms with Crippen LogP contribution in [0, 0.1) is 6.92 Å². The van der Waals surface area contributed by atoms with Crippen molar-refractivity contribution in [2.75, 3.05) is 27.4 Å². The van der Waals surface area contributed by atoms with Crippen LogP contribution in [-0.4, -0.2) is 49.5 Å². The van der Waals surface area contributed by atoms with Crippen molar-refractivity contribution in [3.63, 3.8) is 0 Å². The SMILES string of the molecule is CCOC(=O)C1=C(O)C(=Cc2ccc(OCC(=O)OC)c(OC)c2)SC1=Nc1ccc(C)cc1. The van der Waals surface area contributed by atoms with Crippen LogP contribution < -0.4 is 9.47 Å². The van der Waals surface area contributed by atoms with Crippen molar-refractivity contribution in [3.8, 4) is 11.5 Å². The Bertz CT molecular complexity index is 1170. The molecule has 0 radical (unpaired) electrons. The van der Waals surface area contributed by atoms with E-state index in [1.165, 1.54) is 14.2 Å². The third-order valence-corrected chi connectivity index (χ3v) is 5.71. The third kappa shape index (κ3) is 5.99.